The van der Waals surface area contributed by atoms with Gasteiger partial charge in [0.05, 0.1) is 30.9 Å². The molecule has 1 amide bonds. The van der Waals surface area contributed by atoms with Crippen LogP contribution in [0.1, 0.15) is 21.6 Å². The third-order valence-electron chi connectivity index (χ3n) is 5.58. The lowest BCUT2D eigenvalue weighted by molar-refractivity contribution is -0.146. The van der Waals surface area contributed by atoms with Crippen LogP contribution in [0, 0.1) is 0 Å². The molecule has 1 aromatic carbocycles. The summed E-state index contributed by atoms with van der Waals surface area (Å²) in [7, 11) is 3.14. The molecule has 0 saturated carbocycles. The number of carbonyl (C=O) groups excluding carboxylic acids is 2. The van der Waals surface area contributed by atoms with Crippen molar-refractivity contribution >= 4 is 33.8 Å². The zero-order chi connectivity index (χ0) is 20.1. The Morgan fingerprint density at radius 2 is 2.07 bits per heavy atom. The normalized spacial score (nSPS) is 16.2. The number of aromatic nitrogens is 4. The van der Waals surface area contributed by atoms with E-state index in [9.17, 15) is 9.59 Å². The summed E-state index contributed by atoms with van der Waals surface area (Å²) in [6.07, 6.45) is 3.58. The Bertz CT molecular complexity index is 1270. The Morgan fingerprint density at radius 3 is 2.90 bits per heavy atom. The summed E-state index contributed by atoms with van der Waals surface area (Å²) in [5, 5.41) is 5.24. The molecule has 29 heavy (non-hydrogen) atoms. The number of aryl methyl sites for hydroxylation is 1. The number of benzene rings is 1. The summed E-state index contributed by atoms with van der Waals surface area (Å²) in [4.78, 5) is 35.2. The minimum Gasteiger partial charge on any atom is -0.467 e. The zero-order valence-electron chi connectivity index (χ0n) is 16.0. The largest absolute Gasteiger partial charge is 0.467 e. The van der Waals surface area contributed by atoms with Crippen LogP contribution in [0.15, 0.2) is 42.7 Å². The van der Waals surface area contributed by atoms with Gasteiger partial charge in [-0.3, -0.25) is 14.5 Å². The standard InChI is InChI=1S/C21H19N5O3/c1-25-18-7-12(9-22-16(18)10-23-25)20(27)26-11-17-14(8-19(26)21(28)29-2)13-5-3-4-6-15(13)24-17/h3-7,9-10,19,24H,8,11H2,1-2H3/t19-/m0/s1. The SMILES string of the molecule is COC(=O)[C@@H]1Cc2c([nH]c3ccccc23)CN1C(=O)c1cnc2cnn(C)c2c1. The van der Waals surface area contributed by atoms with Crippen LogP contribution < -0.4 is 0 Å². The van der Waals surface area contributed by atoms with Crippen LogP contribution in [0.4, 0.5) is 0 Å². The number of aromatic amines is 1. The molecule has 0 bridgehead atoms. The highest BCUT2D eigenvalue weighted by atomic mass is 16.5. The Kier molecular flexibility index (Phi) is 3.87. The molecule has 8 heteroatoms. The van der Waals surface area contributed by atoms with E-state index in [1.54, 1.807) is 28.9 Å². The molecule has 4 heterocycles. The molecule has 146 valence electrons. The maximum absolute atomic E-state index is 13.4. The van der Waals surface area contributed by atoms with Gasteiger partial charge in [0, 0.05) is 36.3 Å². The quantitative estimate of drug-likeness (QED) is 0.531. The molecule has 1 atom stereocenters. The van der Waals surface area contributed by atoms with Gasteiger partial charge in [-0.05, 0) is 17.7 Å². The average molecular weight is 389 g/mol. The smallest absolute Gasteiger partial charge is 0.328 e. The molecule has 1 aliphatic rings. The molecule has 3 aromatic heterocycles. The summed E-state index contributed by atoms with van der Waals surface area (Å²) >= 11 is 0. The predicted molar refractivity (Wildman–Crippen MR) is 106 cm³/mol. The molecule has 0 aliphatic carbocycles. The molecule has 0 unspecified atom stereocenters. The summed E-state index contributed by atoms with van der Waals surface area (Å²) in [6.45, 7) is 0.298. The fraction of sp³-hybridized carbons (Fsp3) is 0.238. The van der Waals surface area contributed by atoms with E-state index in [2.05, 4.69) is 15.1 Å². The van der Waals surface area contributed by atoms with Gasteiger partial charge in [-0.1, -0.05) is 18.2 Å². The number of carbonyl (C=O) groups is 2. The van der Waals surface area contributed by atoms with Crippen molar-refractivity contribution in [3.05, 3.63) is 59.5 Å². The second-order valence-corrected chi connectivity index (χ2v) is 7.20. The number of amides is 1. The van der Waals surface area contributed by atoms with Gasteiger partial charge in [-0.2, -0.15) is 5.10 Å². The van der Waals surface area contributed by atoms with E-state index in [1.807, 2.05) is 24.3 Å². The van der Waals surface area contributed by atoms with Crippen LogP contribution in [0.2, 0.25) is 0 Å². The number of para-hydroxylation sites is 1. The van der Waals surface area contributed by atoms with E-state index < -0.39 is 12.0 Å². The first-order valence-corrected chi connectivity index (χ1v) is 9.32. The van der Waals surface area contributed by atoms with Crippen LogP contribution in [-0.2, 0) is 29.5 Å². The molecule has 1 N–H and O–H groups in total. The molecule has 5 rings (SSSR count). The number of ether oxygens (including phenoxy) is 1. The number of hydrogen-bond acceptors (Lipinski definition) is 5. The maximum atomic E-state index is 13.4. The fourth-order valence-corrected chi connectivity index (χ4v) is 4.08. The van der Waals surface area contributed by atoms with Crippen LogP contribution >= 0.6 is 0 Å². The Morgan fingerprint density at radius 1 is 1.24 bits per heavy atom. The van der Waals surface area contributed by atoms with Gasteiger partial charge in [0.25, 0.3) is 5.91 Å². The van der Waals surface area contributed by atoms with E-state index in [4.69, 9.17) is 4.74 Å². The lowest BCUT2D eigenvalue weighted by atomic mass is 9.96. The molecule has 1 aliphatic heterocycles. The van der Waals surface area contributed by atoms with Crippen LogP contribution in [0.25, 0.3) is 21.9 Å². The van der Waals surface area contributed by atoms with Gasteiger partial charge < -0.3 is 14.6 Å². The topological polar surface area (TPSA) is 93.1 Å². The highest BCUT2D eigenvalue weighted by Gasteiger charge is 2.37. The third-order valence-corrected chi connectivity index (χ3v) is 5.58. The molecule has 0 radical (unpaired) electrons. The molecule has 0 spiro atoms. The van der Waals surface area contributed by atoms with E-state index in [0.29, 0.717) is 24.0 Å². The monoisotopic (exact) mass is 389 g/mol. The van der Waals surface area contributed by atoms with Crippen molar-refractivity contribution < 1.29 is 14.3 Å². The fourth-order valence-electron chi connectivity index (χ4n) is 4.08. The first-order valence-electron chi connectivity index (χ1n) is 9.32. The third kappa shape index (κ3) is 2.67. The van der Waals surface area contributed by atoms with Crippen molar-refractivity contribution in [3.8, 4) is 0 Å². The lowest BCUT2D eigenvalue weighted by Gasteiger charge is -2.34. The van der Waals surface area contributed by atoms with Crippen molar-refractivity contribution in [2.45, 2.75) is 19.0 Å². The zero-order valence-corrected chi connectivity index (χ0v) is 16.0. The summed E-state index contributed by atoms with van der Waals surface area (Å²) in [5.41, 5.74) is 4.87. The molecule has 0 saturated heterocycles. The summed E-state index contributed by atoms with van der Waals surface area (Å²) in [5.74, 6) is -0.691. The first-order chi connectivity index (χ1) is 14.1. The number of hydrogen-bond donors (Lipinski definition) is 1. The van der Waals surface area contributed by atoms with Crippen molar-refractivity contribution in [3.63, 3.8) is 0 Å². The lowest BCUT2D eigenvalue weighted by Crippen LogP contribution is -2.49. The molecular weight excluding hydrogens is 370 g/mol. The van der Waals surface area contributed by atoms with Gasteiger partial charge in [0.15, 0.2) is 0 Å². The number of H-pyrrole nitrogens is 1. The molecule has 8 nitrogen and oxygen atoms in total. The number of pyridine rings is 1. The van der Waals surface area contributed by atoms with E-state index in [-0.39, 0.29) is 5.91 Å². The molecule has 0 fully saturated rings. The minimum absolute atomic E-state index is 0.264. The first kappa shape index (κ1) is 17.4. The Labute approximate surface area is 166 Å². The average Bonchev–Trinajstić information content (AvgIpc) is 3.31. The van der Waals surface area contributed by atoms with Gasteiger partial charge in [-0.15, -0.1) is 0 Å². The number of rotatable bonds is 2. The van der Waals surface area contributed by atoms with Crippen LogP contribution in [0.3, 0.4) is 0 Å². The van der Waals surface area contributed by atoms with Gasteiger partial charge in [0.2, 0.25) is 0 Å². The number of esters is 1. The number of fused-ring (bicyclic) bond motifs is 4. The van der Waals surface area contributed by atoms with Crippen molar-refractivity contribution in [2.24, 2.45) is 7.05 Å². The summed E-state index contributed by atoms with van der Waals surface area (Å²) < 4.78 is 6.68. The van der Waals surface area contributed by atoms with E-state index >= 15 is 0 Å². The number of nitrogens with one attached hydrogen (secondary N) is 1. The minimum atomic E-state index is -0.693. The maximum Gasteiger partial charge on any atom is 0.328 e. The van der Waals surface area contributed by atoms with Crippen molar-refractivity contribution in [1.82, 2.24) is 24.6 Å². The number of nitrogens with zero attached hydrogens (tertiary/aromatic N) is 4. The van der Waals surface area contributed by atoms with Gasteiger partial charge in [0.1, 0.15) is 11.6 Å². The van der Waals surface area contributed by atoms with Gasteiger partial charge >= 0.3 is 5.97 Å². The van der Waals surface area contributed by atoms with Crippen LogP contribution in [-0.4, -0.2) is 49.7 Å². The Hall–Kier alpha value is -3.68. The van der Waals surface area contributed by atoms with Crippen molar-refractivity contribution in [1.29, 1.82) is 0 Å². The Balaban J connectivity index is 1.58. The second kappa shape index (κ2) is 6.44. The van der Waals surface area contributed by atoms with E-state index in [0.717, 1.165) is 27.7 Å². The highest BCUT2D eigenvalue weighted by molar-refractivity contribution is 5.99. The predicted octanol–water partition coefficient (Wildman–Crippen LogP) is 2.19. The molecule has 4 aromatic rings. The highest BCUT2D eigenvalue weighted by Crippen LogP contribution is 2.31. The van der Waals surface area contributed by atoms with Crippen molar-refractivity contribution in [2.75, 3.05) is 7.11 Å². The van der Waals surface area contributed by atoms with Gasteiger partial charge in [-0.25, -0.2) is 4.79 Å². The number of methoxy groups -OCH3 is 1. The van der Waals surface area contributed by atoms with E-state index in [1.165, 1.54) is 13.3 Å². The van der Waals surface area contributed by atoms with Crippen LogP contribution in [0.5, 0.6) is 0 Å². The summed E-state index contributed by atoms with van der Waals surface area (Å²) in [6, 6.07) is 9.01. The molecular formula is C21H19N5O3. The second-order valence-electron chi connectivity index (χ2n) is 7.20.